The van der Waals surface area contributed by atoms with Crippen LogP contribution in [-0.2, 0) is 20.6 Å². The second-order valence-corrected chi connectivity index (χ2v) is 11.7. The minimum absolute atomic E-state index is 0.0140. The van der Waals surface area contributed by atoms with Crippen molar-refractivity contribution in [2.75, 3.05) is 25.4 Å². The van der Waals surface area contributed by atoms with Crippen molar-refractivity contribution in [3.63, 3.8) is 0 Å². The van der Waals surface area contributed by atoms with E-state index in [0.29, 0.717) is 38.0 Å². The molecular weight excluding hydrogens is 387 g/mol. The third kappa shape index (κ3) is 7.43. The van der Waals surface area contributed by atoms with Gasteiger partial charge in [-0.3, -0.25) is 4.79 Å². The van der Waals surface area contributed by atoms with E-state index in [-0.39, 0.29) is 28.1 Å². The lowest BCUT2D eigenvalue weighted by atomic mass is 9.97. The second-order valence-electron chi connectivity index (χ2n) is 7.81. The number of carbonyl (C=O) groups excluding carboxylic acids is 1. The molecule has 5 nitrogen and oxygen atoms in total. The van der Waals surface area contributed by atoms with Gasteiger partial charge in [0.2, 0.25) is 15.9 Å². The van der Waals surface area contributed by atoms with Gasteiger partial charge in [0.15, 0.2) is 0 Å². The highest BCUT2D eigenvalue weighted by atomic mass is 32.2. The first-order valence-electron chi connectivity index (χ1n) is 9.21. The zero-order valence-electron chi connectivity index (χ0n) is 16.2. The van der Waals surface area contributed by atoms with E-state index in [1.165, 1.54) is 28.6 Å². The number of nitrogens with one attached hydrogen (secondary N) is 1. The van der Waals surface area contributed by atoms with Gasteiger partial charge in [-0.25, -0.2) is 17.1 Å². The molecule has 0 aromatic heterocycles. The van der Waals surface area contributed by atoms with Crippen molar-refractivity contribution in [1.29, 1.82) is 0 Å². The highest BCUT2D eigenvalue weighted by Gasteiger charge is 2.31. The lowest BCUT2D eigenvalue weighted by Gasteiger charge is -2.30. The fourth-order valence-electron chi connectivity index (χ4n) is 2.95. The number of rotatable bonds is 7. The Morgan fingerprint density at radius 3 is 2.37 bits per heavy atom. The standard InChI is InChI=1S/C19H29FN2O3S2/c1-19(2,3)26-13-10-21-18(23)16-8-11-22(12-9-16)27(24,25)14-15-4-6-17(20)7-5-15/h4-7,16H,8-14H2,1-3H3,(H,21,23). The molecule has 0 spiro atoms. The lowest BCUT2D eigenvalue weighted by molar-refractivity contribution is -0.125. The number of carbonyl (C=O) groups is 1. The fraction of sp³-hybridized carbons (Fsp3) is 0.632. The highest BCUT2D eigenvalue weighted by Crippen LogP contribution is 2.23. The Kier molecular flexibility index (Phi) is 7.71. The molecule has 1 fully saturated rings. The molecule has 1 aromatic rings. The van der Waals surface area contributed by atoms with E-state index in [1.807, 2.05) is 0 Å². The number of piperidine rings is 1. The topological polar surface area (TPSA) is 66.5 Å². The molecule has 1 heterocycles. The number of hydrogen-bond acceptors (Lipinski definition) is 4. The van der Waals surface area contributed by atoms with Crippen LogP contribution in [0.4, 0.5) is 4.39 Å². The van der Waals surface area contributed by atoms with Crippen molar-refractivity contribution in [2.24, 2.45) is 5.92 Å². The van der Waals surface area contributed by atoms with Crippen molar-refractivity contribution < 1.29 is 17.6 Å². The van der Waals surface area contributed by atoms with E-state index < -0.39 is 10.0 Å². The molecule has 1 aromatic carbocycles. The van der Waals surface area contributed by atoms with Crippen LogP contribution < -0.4 is 5.32 Å². The molecule has 0 atom stereocenters. The molecule has 0 saturated carbocycles. The van der Waals surface area contributed by atoms with Gasteiger partial charge in [0.25, 0.3) is 0 Å². The van der Waals surface area contributed by atoms with Gasteiger partial charge in [-0.1, -0.05) is 32.9 Å². The molecule has 27 heavy (non-hydrogen) atoms. The predicted octanol–water partition coefficient (Wildman–Crippen LogP) is 3.02. The number of thioether (sulfide) groups is 1. The first-order chi connectivity index (χ1) is 12.6. The van der Waals surface area contributed by atoms with Crippen molar-refractivity contribution in [3.05, 3.63) is 35.6 Å². The molecular formula is C19H29FN2O3S2. The Labute approximate surface area is 166 Å². The molecule has 1 aliphatic rings. The smallest absolute Gasteiger partial charge is 0.223 e. The quantitative estimate of drug-likeness (QED) is 0.694. The van der Waals surface area contributed by atoms with E-state index in [0.717, 1.165) is 5.75 Å². The van der Waals surface area contributed by atoms with E-state index in [9.17, 15) is 17.6 Å². The van der Waals surface area contributed by atoms with Gasteiger partial charge < -0.3 is 5.32 Å². The van der Waals surface area contributed by atoms with Crippen LogP contribution in [0.5, 0.6) is 0 Å². The molecule has 0 aliphatic carbocycles. The number of benzene rings is 1. The maximum Gasteiger partial charge on any atom is 0.223 e. The summed E-state index contributed by atoms with van der Waals surface area (Å²) < 4.78 is 39.7. The Morgan fingerprint density at radius 2 is 1.81 bits per heavy atom. The van der Waals surface area contributed by atoms with Gasteiger partial charge >= 0.3 is 0 Å². The largest absolute Gasteiger partial charge is 0.355 e. The van der Waals surface area contributed by atoms with Crippen molar-refractivity contribution >= 4 is 27.7 Å². The van der Waals surface area contributed by atoms with Gasteiger partial charge in [-0.2, -0.15) is 11.8 Å². The summed E-state index contributed by atoms with van der Waals surface area (Å²) in [5.74, 6) is 0.208. The molecule has 1 saturated heterocycles. The van der Waals surface area contributed by atoms with Crippen LogP contribution in [0.25, 0.3) is 0 Å². The van der Waals surface area contributed by atoms with Gasteiger partial charge in [-0.15, -0.1) is 0 Å². The Balaban J connectivity index is 1.78. The SMILES string of the molecule is CC(C)(C)SCCNC(=O)C1CCN(S(=O)(=O)Cc2ccc(F)cc2)CC1. The van der Waals surface area contributed by atoms with Crippen LogP contribution >= 0.6 is 11.8 Å². The molecule has 8 heteroatoms. The van der Waals surface area contributed by atoms with Gasteiger partial charge in [0.1, 0.15) is 5.82 Å². The summed E-state index contributed by atoms with van der Waals surface area (Å²) in [5.41, 5.74) is 0.563. The van der Waals surface area contributed by atoms with Crippen LogP contribution in [0.3, 0.4) is 0 Å². The first-order valence-corrected chi connectivity index (χ1v) is 11.8. The Morgan fingerprint density at radius 1 is 1.22 bits per heavy atom. The van der Waals surface area contributed by atoms with Gasteiger partial charge in [-0.05, 0) is 30.5 Å². The fourth-order valence-corrected chi connectivity index (χ4v) is 5.33. The molecule has 0 unspecified atom stereocenters. The van der Waals surface area contributed by atoms with Gasteiger partial charge in [0, 0.05) is 36.1 Å². The number of nitrogens with zero attached hydrogens (tertiary/aromatic N) is 1. The molecule has 1 amide bonds. The van der Waals surface area contributed by atoms with Crippen molar-refractivity contribution in [3.8, 4) is 0 Å². The number of halogens is 1. The van der Waals surface area contributed by atoms with Crippen LogP contribution in [0, 0.1) is 11.7 Å². The molecule has 152 valence electrons. The van der Waals surface area contributed by atoms with E-state index in [2.05, 4.69) is 26.1 Å². The van der Waals surface area contributed by atoms with E-state index in [1.54, 1.807) is 11.8 Å². The lowest BCUT2D eigenvalue weighted by Crippen LogP contribution is -2.43. The molecule has 0 radical (unpaired) electrons. The van der Waals surface area contributed by atoms with Crippen molar-refractivity contribution in [1.82, 2.24) is 9.62 Å². The average molecular weight is 417 g/mol. The maximum atomic E-state index is 13.0. The predicted molar refractivity (Wildman–Crippen MR) is 109 cm³/mol. The zero-order chi connectivity index (χ0) is 20.1. The normalized spacial score (nSPS) is 17.0. The highest BCUT2D eigenvalue weighted by molar-refractivity contribution is 8.00. The summed E-state index contributed by atoms with van der Waals surface area (Å²) in [6, 6.07) is 5.50. The molecule has 1 N–H and O–H groups in total. The zero-order valence-corrected chi connectivity index (χ0v) is 17.8. The van der Waals surface area contributed by atoms with Crippen LogP contribution in [-0.4, -0.2) is 48.8 Å². The average Bonchev–Trinajstić information content (AvgIpc) is 2.60. The van der Waals surface area contributed by atoms with E-state index >= 15 is 0 Å². The third-order valence-electron chi connectivity index (χ3n) is 4.42. The Hall–Kier alpha value is -1.12. The summed E-state index contributed by atoms with van der Waals surface area (Å²) in [6.07, 6.45) is 1.06. The minimum atomic E-state index is -3.46. The van der Waals surface area contributed by atoms with Crippen LogP contribution in [0.2, 0.25) is 0 Å². The summed E-state index contributed by atoms with van der Waals surface area (Å²) in [5, 5.41) is 2.96. The summed E-state index contributed by atoms with van der Waals surface area (Å²) >= 11 is 1.80. The Bertz CT molecular complexity index is 722. The first kappa shape index (κ1) is 22.2. The molecule has 2 rings (SSSR count). The second kappa shape index (κ2) is 9.39. The minimum Gasteiger partial charge on any atom is -0.355 e. The molecule has 0 bridgehead atoms. The number of sulfonamides is 1. The number of hydrogen-bond donors (Lipinski definition) is 1. The van der Waals surface area contributed by atoms with Gasteiger partial charge in [0.05, 0.1) is 5.75 Å². The maximum absolute atomic E-state index is 13.0. The number of amides is 1. The third-order valence-corrected chi connectivity index (χ3v) is 7.54. The van der Waals surface area contributed by atoms with Crippen molar-refractivity contribution in [2.45, 2.75) is 44.1 Å². The van der Waals surface area contributed by atoms with E-state index in [4.69, 9.17) is 0 Å². The monoisotopic (exact) mass is 416 g/mol. The van der Waals surface area contributed by atoms with Crippen LogP contribution in [0.1, 0.15) is 39.2 Å². The van der Waals surface area contributed by atoms with Crippen LogP contribution in [0.15, 0.2) is 24.3 Å². The summed E-state index contributed by atoms with van der Waals surface area (Å²) in [7, 11) is -3.46. The summed E-state index contributed by atoms with van der Waals surface area (Å²) in [6.45, 7) is 7.74. The summed E-state index contributed by atoms with van der Waals surface area (Å²) in [4.78, 5) is 12.3. The molecule has 1 aliphatic heterocycles.